The third-order valence-electron chi connectivity index (χ3n) is 12.6. The van der Waals surface area contributed by atoms with Crippen LogP contribution in [0.4, 0.5) is 0 Å². The zero-order valence-corrected chi connectivity index (χ0v) is 26.9. The van der Waals surface area contributed by atoms with Crippen molar-refractivity contribution in [2.45, 2.75) is 136 Å². The fraction of sp³-hybridized carbons (Fsp3) is 0.886. The lowest BCUT2D eigenvalue weighted by Crippen LogP contribution is -2.58. The minimum absolute atomic E-state index is 0.0870. The molecule has 42 heavy (non-hydrogen) atoms. The molecule has 3 saturated carbocycles. The first-order chi connectivity index (χ1) is 19.8. The van der Waals surface area contributed by atoms with Gasteiger partial charge in [0.25, 0.3) is 0 Å². The Morgan fingerprint density at radius 3 is 2.26 bits per heavy atom. The number of hydrogen-bond donors (Lipinski definition) is 6. The summed E-state index contributed by atoms with van der Waals surface area (Å²) >= 11 is 0. The van der Waals surface area contributed by atoms with Crippen molar-refractivity contribution in [1.82, 2.24) is 0 Å². The van der Waals surface area contributed by atoms with Crippen LogP contribution in [-0.2, 0) is 4.74 Å². The Labute approximate surface area is 254 Å². The molecule has 4 aliphatic carbocycles. The first-order valence-electron chi connectivity index (χ1n) is 16.8. The molecule has 6 N–H and O–H groups in total. The van der Waals surface area contributed by atoms with Crippen LogP contribution >= 0.6 is 0 Å². The number of rotatable bonds is 6. The van der Waals surface area contributed by atoms with Gasteiger partial charge in [0.05, 0.1) is 12.7 Å². The lowest BCUT2D eigenvalue weighted by atomic mass is 9.47. The molecular formula is C35H60O7. The highest BCUT2D eigenvalue weighted by atomic mass is 16.6. The van der Waals surface area contributed by atoms with Gasteiger partial charge < -0.3 is 35.4 Å². The Balaban J connectivity index is 0.000000283. The van der Waals surface area contributed by atoms with E-state index in [0.29, 0.717) is 16.7 Å². The van der Waals surface area contributed by atoms with E-state index in [1.54, 1.807) is 5.57 Å². The molecular weight excluding hydrogens is 532 g/mol. The van der Waals surface area contributed by atoms with E-state index in [1.807, 2.05) is 0 Å². The summed E-state index contributed by atoms with van der Waals surface area (Å²) in [6.45, 7) is 14.3. The van der Waals surface area contributed by atoms with Gasteiger partial charge in [-0.3, -0.25) is 0 Å². The van der Waals surface area contributed by atoms with Crippen molar-refractivity contribution in [3.05, 3.63) is 23.8 Å². The van der Waals surface area contributed by atoms with Gasteiger partial charge in [0, 0.05) is 0 Å². The van der Waals surface area contributed by atoms with Crippen molar-refractivity contribution in [3.63, 3.8) is 0 Å². The largest absolute Gasteiger partial charge is 0.394 e. The molecule has 0 bridgehead atoms. The van der Waals surface area contributed by atoms with Crippen molar-refractivity contribution in [1.29, 1.82) is 0 Å². The van der Waals surface area contributed by atoms with E-state index in [1.165, 1.54) is 44.9 Å². The number of aliphatic hydroxyl groups excluding tert-OH is 6. The van der Waals surface area contributed by atoms with E-state index in [2.05, 4.69) is 64.5 Å². The third-order valence-corrected chi connectivity index (χ3v) is 12.6. The fourth-order valence-corrected chi connectivity index (χ4v) is 9.91. The molecule has 1 aliphatic heterocycles. The zero-order valence-electron chi connectivity index (χ0n) is 26.9. The van der Waals surface area contributed by atoms with Gasteiger partial charge in [0.15, 0.2) is 6.29 Å². The van der Waals surface area contributed by atoms with E-state index >= 15 is 0 Å². The maximum atomic E-state index is 10.2. The second-order valence-electron chi connectivity index (χ2n) is 15.2. The van der Waals surface area contributed by atoms with Crippen LogP contribution in [0.15, 0.2) is 23.8 Å². The summed E-state index contributed by atoms with van der Waals surface area (Å²) in [4.78, 5) is 0. The maximum Gasteiger partial charge on any atom is 0.184 e. The van der Waals surface area contributed by atoms with E-state index in [0.717, 1.165) is 48.3 Å². The van der Waals surface area contributed by atoms with Gasteiger partial charge in [0.1, 0.15) is 24.4 Å². The molecule has 0 spiro atoms. The average molecular weight is 593 g/mol. The van der Waals surface area contributed by atoms with Crippen LogP contribution in [0, 0.1) is 52.3 Å². The topological polar surface area (TPSA) is 131 Å². The summed E-state index contributed by atoms with van der Waals surface area (Å²) in [6, 6.07) is 0. The summed E-state index contributed by atoms with van der Waals surface area (Å²) in [5.74, 6) is 5.70. The highest BCUT2D eigenvalue weighted by Crippen LogP contribution is 2.67. The summed E-state index contributed by atoms with van der Waals surface area (Å²) < 4.78 is 4.58. The number of fused-ring (bicyclic) bond motifs is 5. The molecule has 1 heterocycles. The minimum atomic E-state index is -1.57. The van der Waals surface area contributed by atoms with E-state index in [9.17, 15) is 5.11 Å². The number of ether oxygens (including phenoxy) is 1. The minimum Gasteiger partial charge on any atom is -0.394 e. The second kappa shape index (κ2) is 13.7. The number of hydrogen-bond acceptors (Lipinski definition) is 7. The maximum absolute atomic E-state index is 10.2. The number of aliphatic hydroxyl groups is 6. The number of allylic oxidation sites excluding steroid dienone is 3. The highest BCUT2D eigenvalue weighted by molar-refractivity contribution is 5.25. The molecule has 14 atom stereocenters. The molecule has 5 aliphatic rings. The summed E-state index contributed by atoms with van der Waals surface area (Å²) in [6.07, 6.45) is 12.0. The van der Waals surface area contributed by atoms with Crippen LogP contribution in [0.1, 0.15) is 99.3 Å². The third kappa shape index (κ3) is 6.45. The molecule has 0 amide bonds. The van der Waals surface area contributed by atoms with Gasteiger partial charge >= 0.3 is 0 Å². The molecule has 0 aromatic rings. The van der Waals surface area contributed by atoms with Crippen molar-refractivity contribution in [2.24, 2.45) is 52.3 Å². The predicted octanol–water partition coefficient (Wildman–Crippen LogP) is 4.58. The quantitative estimate of drug-likeness (QED) is 0.249. The Bertz CT molecular complexity index is 945. The van der Waals surface area contributed by atoms with Crippen molar-refractivity contribution < 1.29 is 35.4 Å². The van der Waals surface area contributed by atoms with Crippen LogP contribution in [0.2, 0.25) is 0 Å². The second-order valence-corrected chi connectivity index (χ2v) is 15.2. The Morgan fingerprint density at radius 1 is 0.905 bits per heavy atom. The molecule has 242 valence electrons. The van der Waals surface area contributed by atoms with Gasteiger partial charge in [-0.2, -0.15) is 0 Å². The van der Waals surface area contributed by atoms with E-state index in [4.69, 9.17) is 25.5 Å². The van der Waals surface area contributed by atoms with Crippen molar-refractivity contribution in [3.8, 4) is 0 Å². The van der Waals surface area contributed by atoms with Crippen LogP contribution in [0.3, 0.4) is 0 Å². The van der Waals surface area contributed by atoms with Crippen LogP contribution in [-0.4, -0.2) is 74.1 Å². The Kier molecular flexibility index (Phi) is 11.1. The standard InChI is InChI=1S/C29H48O.C6H12O6/c1-7-21(19(2)3)9-8-20(4)25-12-13-26-24-11-10-22-18-23(30)14-16-28(22,5)27(24)15-17-29(25,26)6;7-1-2-3(8)4(9)5(10)6(11)12-2/h8-10,19-21,23-27,30H,7,11-18H2,1-6H3;2-11H,1H2/b9-8+;/t20-,21-,23+,24+,25-,26+,27+,28+,29-;2-,3-,4+,5-,6-/m11/s1. The normalized spacial score (nSPS) is 46.6. The van der Waals surface area contributed by atoms with Gasteiger partial charge in [-0.15, -0.1) is 0 Å². The van der Waals surface area contributed by atoms with Gasteiger partial charge in [0.2, 0.25) is 0 Å². The predicted molar refractivity (Wildman–Crippen MR) is 164 cm³/mol. The molecule has 4 fully saturated rings. The first-order valence-corrected chi connectivity index (χ1v) is 16.8. The SMILES string of the molecule is CC[C@H](/C=C/[C@@H](C)[C@H]1CC[C@H]2[C@@H]3CC=C4C[C@@H](O)CC[C@]4(C)[C@H]3CC[C@]12C)C(C)C.OC[C@H]1O[C@@H](O)[C@H](O)[C@@H](O)[C@@H]1O. The zero-order chi connectivity index (χ0) is 31.0. The Hall–Kier alpha value is -0.800. The van der Waals surface area contributed by atoms with Crippen LogP contribution in [0.5, 0.6) is 0 Å². The van der Waals surface area contributed by atoms with Crippen molar-refractivity contribution >= 4 is 0 Å². The van der Waals surface area contributed by atoms with E-state index in [-0.39, 0.29) is 6.10 Å². The fourth-order valence-electron chi connectivity index (χ4n) is 9.91. The molecule has 0 unspecified atom stereocenters. The molecule has 0 radical (unpaired) electrons. The smallest absolute Gasteiger partial charge is 0.184 e. The summed E-state index contributed by atoms with van der Waals surface area (Å²) in [5, 5.41) is 54.9. The van der Waals surface area contributed by atoms with E-state index < -0.39 is 37.3 Å². The van der Waals surface area contributed by atoms with Crippen LogP contribution < -0.4 is 0 Å². The lowest BCUT2D eigenvalue weighted by molar-refractivity contribution is -0.286. The monoisotopic (exact) mass is 592 g/mol. The van der Waals surface area contributed by atoms with Gasteiger partial charge in [-0.1, -0.05) is 65.3 Å². The summed E-state index contributed by atoms with van der Waals surface area (Å²) in [7, 11) is 0. The van der Waals surface area contributed by atoms with Gasteiger partial charge in [-0.25, -0.2) is 0 Å². The lowest BCUT2D eigenvalue weighted by Gasteiger charge is -2.58. The molecule has 0 aromatic carbocycles. The average Bonchev–Trinajstić information content (AvgIpc) is 3.32. The van der Waals surface area contributed by atoms with Gasteiger partial charge in [-0.05, 0) is 110 Å². The molecule has 5 rings (SSSR count). The van der Waals surface area contributed by atoms with Crippen molar-refractivity contribution in [2.75, 3.05) is 6.61 Å². The molecule has 0 aromatic heterocycles. The molecule has 7 heteroatoms. The Morgan fingerprint density at radius 2 is 1.62 bits per heavy atom. The molecule has 1 saturated heterocycles. The first kappa shape index (κ1) is 34.1. The molecule has 7 nitrogen and oxygen atoms in total. The highest BCUT2D eigenvalue weighted by Gasteiger charge is 2.59. The summed E-state index contributed by atoms with van der Waals surface area (Å²) in [5.41, 5.74) is 2.51. The van der Waals surface area contributed by atoms with Crippen LogP contribution in [0.25, 0.3) is 0 Å².